The van der Waals surface area contributed by atoms with E-state index in [0.717, 1.165) is 16.0 Å². The van der Waals surface area contributed by atoms with Crippen molar-refractivity contribution in [3.8, 4) is 11.5 Å². The minimum absolute atomic E-state index is 0.204. The van der Waals surface area contributed by atoms with Crippen LogP contribution in [0.3, 0.4) is 0 Å². The second-order valence-electron chi connectivity index (χ2n) is 7.50. The Morgan fingerprint density at radius 1 is 1.07 bits per heavy atom. The van der Waals surface area contributed by atoms with Gasteiger partial charge < -0.3 is 19.7 Å². The SMILES string of the molecule is CCOc1ccc(C[NH+](C)CN2C(=O)N[C@](CC)(c3ccccc3)C2=O)cc1OC. The Bertz CT molecular complexity index is 903. The molecule has 0 bridgehead atoms. The summed E-state index contributed by atoms with van der Waals surface area (Å²) in [5.41, 5.74) is 0.841. The normalized spacial score (nSPS) is 19.5. The first-order valence-corrected chi connectivity index (χ1v) is 10.3. The third-order valence-corrected chi connectivity index (χ3v) is 5.43. The molecule has 1 aliphatic rings. The van der Waals surface area contributed by atoms with Crippen molar-refractivity contribution in [2.24, 2.45) is 0 Å². The molecule has 30 heavy (non-hydrogen) atoms. The largest absolute Gasteiger partial charge is 0.493 e. The number of methoxy groups -OCH3 is 1. The third kappa shape index (κ3) is 4.11. The maximum Gasteiger partial charge on any atom is 0.329 e. The van der Waals surface area contributed by atoms with Gasteiger partial charge in [-0.1, -0.05) is 37.3 Å². The van der Waals surface area contributed by atoms with Gasteiger partial charge in [-0.3, -0.25) is 4.79 Å². The molecule has 2 atom stereocenters. The van der Waals surface area contributed by atoms with Crippen LogP contribution in [0.1, 0.15) is 31.4 Å². The number of benzene rings is 2. The van der Waals surface area contributed by atoms with Crippen LogP contribution in [0.4, 0.5) is 4.79 Å². The van der Waals surface area contributed by atoms with Gasteiger partial charge in [0.1, 0.15) is 12.1 Å². The van der Waals surface area contributed by atoms with Crippen molar-refractivity contribution < 1.29 is 24.0 Å². The van der Waals surface area contributed by atoms with E-state index in [1.54, 1.807) is 7.11 Å². The molecular weight excluding hydrogens is 382 g/mol. The number of nitrogens with zero attached hydrogens (tertiary/aromatic N) is 1. The van der Waals surface area contributed by atoms with Crippen molar-refractivity contribution in [1.29, 1.82) is 0 Å². The Morgan fingerprint density at radius 2 is 1.80 bits per heavy atom. The molecule has 0 aromatic heterocycles. The van der Waals surface area contributed by atoms with Gasteiger partial charge in [0.15, 0.2) is 18.2 Å². The molecule has 1 aliphatic heterocycles. The molecule has 7 nitrogen and oxygen atoms in total. The zero-order valence-corrected chi connectivity index (χ0v) is 18.0. The monoisotopic (exact) mass is 412 g/mol. The van der Waals surface area contributed by atoms with Crippen LogP contribution in [0.2, 0.25) is 0 Å². The third-order valence-electron chi connectivity index (χ3n) is 5.43. The molecule has 0 aliphatic carbocycles. The quantitative estimate of drug-likeness (QED) is 0.618. The zero-order valence-electron chi connectivity index (χ0n) is 18.0. The molecule has 2 N–H and O–H groups in total. The Kier molecular flexibility index (Phi) is 6.62. The smallest absolute Gasteiger partial charge is 0.329 e. The van der Waals surface area contributed by atoms with Gasteiger partial charge in [0, 0.05) is 5.56 Å². The number of urea groups is 1. The van der Waals surface area contributed by atoms with Crippen LogP contribution >= 0.6 is 0 Å². The van der Waals surface area contributed by atoms with Crippen molar-refractivity contribution in [3.63, 3.8) is 0 Å². The van der Waals surface area contributed by atoms with Gasteiger partial charge in [-0.25, -0.2) is 9.69 Å². The van der Waals surface area contributed by atoms with Gasteiger partial charge in [-0.05, 0) is 37.1 Å². The molecule has 3 amide bonds. The molecule has 7 heteroatoms. The predicted molar refractivity (Wildman–Crippen MR) is 113 cm³/mol. The van der Waals surface area contributed by atoms with E-state index in [1.165, 1.54) is 4.90 Å². The highest BCUT2D eigenvalue weighted by molar-refractivity contribution is 6.07. The van der Waals surface area contributed by atoms with Crippen molar-refractivity contribution >= 4 is 11.9 Å². The van der Waals surface area contributed by atoms with E-state index >= 15 is 0 Å². The van der Waals surface area contributed by atoms with E-state index in [9.17, 15) is 9.59 Å². The fourth-order valence-electron chi connectivity index (χ4n) is 3.90. The van der Waals surface area contributed by atoms with Gasteiger partial charge in [-0.2, -0.15) is 0 Å². The lowest BCUT2D eigenvalue weighted by atomic mass is 9.87. The summed E-state index contributed by atoms with van der Waals surface area (Å²) >= 11 is 0. The summed E-state index contributed by atoms with van der Waals surface area (Å²) in [4.78, 5) is 28.3. The molecular formula is C23H30N3O4+. The Hall–Kier alpha value is -3.06. The van der Waals surface area contributed by atoms with Crippen molar-refractivity contribution in [2.75, 3.05) is 27.4 Å². The zero-order chi connectivity index (χ0) is 21.7. The first-order chi connectivity index (χ1) is 14.4. The highest BCUT2D eigenvalue weighted by atomic mass is 16.5. The van der Waals surface area contributed by atoms with Crippen LogP contribution in [0, 0.1) is 0 Å². The Labute approximate surface area is 177 Å². The summed E-state index contributed by atoms with van der Waals surface area (Å²) in [5, 5.41) is 2.93. The van der Waals surface area contributed by atoms with Gasteiger partial charge in [0.2, 0.25) is 0 Å². The first-order valence-electron chi connectivity index (χ1n) is 10.3. The molecule has 2 aromatic carbocycles. The minimum Gasteiger partial charge on any atom is -0.493 e. The van der Waals surface area contributed by atoms with E-state index < -0.39 is 5.54 Å². The van der Waals surface area contributed by atoms with Crippen LogP contribution < -0.4 is 19.7 Å². The lowest BCUT2D eigenvalue weighted by Gasteiger charge is -2.26. The lowest BCUT2D eigenvalue weighted by molar-refractivity contribution is -0.901. The molecule has 160 valence electrons. The topological polar surface area (TPSA) is 72.3 Å². The minimum atomic E-state index is -0.999. The number of imide groups is 1. The number of hydrogen-bond donors (Lipinski definition) is 2. The molecule has 0 saturated carbocycles. The number of carbonyl (C=O) groups is 2. The van der Waals surface area contributed by atoms with Crippen LogP contribution in [0.15, 0.2) is 48.5 Å². The van der Waals surface area contributed by atoms with Crippen LogP contribution in [-0.2, 0) is 16.9 Å². The summed E-state index contributed by atoms with van der Waals surface area (Å²) in [6.07, 6.45) is 0.493. The summed E-state index contributed by atoms with van der Waals surface area (Å²) in [7, 11) is 3.57. The molecule has 1 heterocycles. The van der Waals surface area contributed by atoms with E-state index in [2.05, 4.69) is 5.32 Å². The van der Waals surface area contributed by atoms with Gasteiger partial charge in [0.05, 0.1) is 20.8 Å². The fraction of sp³-hybridized carbons (Fsp3) is 0.391. The van der Waals surface area contributed by atoms with Crippen LogP contribution in [-0.4, -0.2) is 44.3 Å². The number of hydrogen-bond acceptors (Lipinski definition) is 4. The Balaban J connectivity index is 1.73. The van der Waals surface area contributed by atoms with Crippen molar-refractivity contribution in [3.05, 3.63) is 59.7 Å². The van der Waals surface area contributed by atoms with E-state index in [1.807, 2.05) is 69.4 Å². The number of nitrogens with one attached hydrogen (secondary N) is 2. The second kappa shape index (κ2) is 9.17. The first kappa shape index (κ1) is 21.6. The lowest BCUT2D eigenvalue weighted by Crippen LogP contribution is -3.09. The summed E-state index contributed by atoms with van der Waals surface area (Å²) in [6, 6.07) is 14.9. The number of ether oxygens (including phenoxy) is 2. The van der Waals surface area contributed by atoms with E-state index in [4.69, 9.17) is 9.47 Å². The average molecular weight is 413 g/mol. The summed E-state index contributed by atoms with van der Waals surface area (Å²) < 4.78 is 11.0. The summed E-state index contributed by atoms with van der Waals surface area (Å²) in [6.45, 7) is 5.30. The molecule has 3 rings (SSSR count). The highest BCUT2D eigenvalue weighted by Crippen LogP contribution is 2.32. The molecule has 1 unspecified atom stereocenters. The molecule has 2 aromatic rings. The number of amides is 3. The Morgan fingerprint density at radius 3 is 2.43 bits per heavy atom. The predicted octanol–water partition coefficient (Wildman–Crippen LogP) is 1.92. The molecule has 0 radical (unpaired) electrons. The number of carbonyl (C=O) groups excluding carboxylic acids is 2. The van der Waals surface area contributed by atoms with Crippen LogP contribution in [0.5, 0.6) is 11.5 Å². The molecule has 1 fully saturated rings. The van der Waals surface area contributed by atoms with Gasteiger partial charge in [-0.15, -0.1) is 0 Å². The van der Waals surface area contributed by atoms with Crippen molar-refractivity contribution in [1.82, 2.24) is 10.2 Å². The van der Waals surface area contributed by atoms with Crippen molar-refractivity contribution in [2.45, 2.75) is 32.4 Å². The highest BCUT2D eigenvalue weighted by Gasteiger charge is 2.52. The van der Waals surface area contributed by atoms with Gasteiger partial charge in [0.25, 0.3) is 5.91 Å². The summed E-state index contributed by atoms with van der Waals surface area (Å²) in [5.74, 6) is 1.17. The standard InChI is InChI=1S/C23H29N3O4/c1-5-23(18-10-8-7-9-11-18)21(27)26(22(28)24-23)16-25(3)15-17-12-13-19(30-6-2)20(14-17)29-4/h7-14H,5-6,15-16H2,1-4H3,(H,24,28)/p+1/t23-/m1/s1. The van der Waals surface area contributed by atoms with Crippen LogP contribution in [0.25, 0.3) is 0 Å². The maximum atomic E-state index is 13.3. The average Bonchev–Trinajstić information content (AvgIpc) is 3.00. The fourth-order valence-corrected chi connectivity index (χ4v) is 3.90. The second-order valence-corrected chi connectivity index (χ2v) is 7.50. The van der Waals surface area contributed by atoms with Gasteiger partial charge >= 0.3 is 6.03 Å². The molecule has 1 saturated heterocycles. The maximum absolute atomic E-state index is 13.3. The molecule has 0 spiro atoms. The number of quaternary nitrogens is 1. The van der Waals surface area contributed by atoms with E-state index in [-0.39, 0.29) is 18.6 Å². The van der Waals surface area contributed by atoms with E-state index in [0.29, 0.717) is 31.1 Å². The number of rotatable bonds is 9.